The molecule has 1 aliphatic rings. The Bertz CT molecular complexity index is 1170. The molecule has 10 heteroatoms. The first kappa shape index (κ1) is 25.8. The average Bonchev–Trinajstić information content (AvgIpc) is 2.81. The van der Waals surface area contributed by atoms with Crippen LogP contribution in [0.5, 0.6) is 5.88 Å². The summed E-state index contributed by atoms with van der Waals surface area (Å²) in [6, 6.07) is 6.39. The lowest BCUT2D eigenvalue weighted by Crippen LogP contribution is -2.50. The average molecular weight is 492 g/mol. The molecule has 0 bridgehead atoms. The van der Waals surface area contributed by atoms with Crippen LogP contribution in [0.15, 0.2) is 47.5 Å². The van der Waals surface area contributed by atoms with Gasteiger partial charge in [0, 0.05) is 25.7 Å². The Morgan fingerprint density at radius 1 is 1.38 bits per heavy atom. The Morgan fingerprint density at radius 3 is 2.74 bits per heavy atom. The molecule has 1 aliphatic heterocycles. The van der Waals surface area contributed by atoms with Crippen molar-refractivity contribution in [3.05, 3.63) is 59.5 Å². The number of pyridine rings is 1. The third kappa shape index (κ3) is 5.29. The number of halogens is 1. The van der Waals surface area contributed by atoms with E-state index in [0.29, 0.717) is 5.56 Å². The Labute approximate surface area is 199 Å². The summed E-state index contributed by atoms with van der Waals surface area (Å²) in [5.74, 6) is -1.39. The molecule has 0 fully saturated rings. The maximum atomic E-state index is 14.2. The summed E-state index contributed by atoms with van der Waals surface area (Å²) in [6.45, 7) is 5.32. The zero-order valence-corrected chi connectivity index (χ0v) is 20.5. The number of aliphatic hydroxyl groups is 1. The summed E-state index contributed by atoms with van der Waals surface area (Å²) < 4.78 is 47.4. The van der Waals surface area contributed by atoms with E-state index in [2.05, 4.69) is 4.98 Å². The zero-order chi connectivity index (χ0) is 25.0. The molecule has 2 heterocycles. The molecule has 1 amide bonds. The van der Waals surface area contributed by atoms with Gasteiger partial charge in [0.15, 0.2) is 0 Å². The van der Waals surface area contributed by atoms with Gasteiger partial charge in [-0.05, 0) is 37.6 Å². The van der Waals surface area contributed by atoms with Crippen LogP contribution in [0.4, 0.5) is 4.39 Å². The second kappa shape index (κ2) is 10.6. The summed E-state index contributed by atoms with van der Waals surface area (Å²) in [5, 5.41) is 9.74. The highest BCUT2D eigenvalue weighted by atomic mass is 32.2. The Balaban J connectivity index is 1.99. The van der Waals surface area contributed by atoms with Crippen molar-refractivity contribution in [2.45, 2.75) is 37.8 Å². The van der Waals surface area contributed by atoms with Crippen LogP contribution >= 0.6 is 0 Å². The van der Waals surface area contributed by atoms with Crippen LogP contribution in [0.2, 0.25) is 0 Å². The molecule has 3 atom stereocenters. The lowest BCUT2D eigenvalue weighted by atomic mass is 10.00. The Kier molecular flexibility index (Phi) is 8.06. The molecule has 0 radical (unpaired) electrons. The number of amides is 1. The van der Waals surface area contributed by atoms with E-state index in [9.17, 15) is 22.7 Å². The number of rotatable bonds is 7. The lowest BCUT2D eigenvalue weighted by molar-refractivity contribution is 0.0373. The van der Waals surface area contributed by atoms with Crippen LogP contribution in [-0.2, 0) is 10.0 Å². The van der Waals surface area contributed by atoms with Crippen LogP contribution in [0.1, 0.15) is 36.7 Å². The lowest BCUT2D eigenvalue weighted by Gasteiger charge is -2.37. The van der Waals surface area contributed by atoms with E-state index in [0.717, 1.165) is 10.4 Å². The fourth-order valence-electron chi connectivity index (χ4n) is 3.79. The first-order valence-corrected chi connectivity index (χ1v) is 12.5. The van der Waals surface area contributed by atoms with Crippen molar-refractivity contribution < 1.29 is 27.4 Å². The number of fused-ring (bicyclic) bond motifs is 1. The van der Waals surface area contributed by atoms with Crippen molar-refractivity contribution in [3.8, 4) is 5.88 Å². The number of benzene rings is 1. The highest BCUT2D eigenvalue weighted by Crippen LogP contribution is 2.28. The SMILES string of the molecule is CC=Cc1cnc2c(c1)C(=O)N([C@@H](C)CO)C[C@H](C)[C@@H](CN(C)S(=O)(=O)c1ccccc1F)O2. The molecule has 3 rings (SSSR count). The number of carbonyl (C=O) groups excluding carboxylic acids is 1. The normalized spacial score (nSPS) is 20.1. The van der Waals surface area contributed by atoms with Gasteiger partial charge in [0.2, 0.25) is 15.9 Å². The number of sulfonamides is 1. The number of ether oxygens (including phenoxy) is 1. The van der Waals surface area contributed by atoms with Gasteiger partial charge in [0.25, 0.3) is 5.91 Å². The van der Waals surface area contributed by atoms with Crippen molar-refractivity contribution in [1.29, 1.82) is 0 Å². The number of aromatic nitrogens is 1. The third-order valence-corrected chi connectivity index (χ3v) is 7.72. The van der Waals surface area contributed by atoms with Gasteiger partial charge in [0.05, 0.1) is 19.2 Å². The van der Waals surface area contributed by atoms with Crippen molar-refractivity contribution >= 4 is 22.0 Å². The topological polar surface area (TPSA) is 100 Å². The van der Waals surface area contributed by atoms with Crippen LogP contribution in [0.3, 0.4) is 0 Å². The molecule has 184 valence electrons. The number of nitrogens with zero attached hydrogens (tertiary/aromatic N) is 3. The van der Waals surface area contributed by atoms with E-state index in [-0.39, 0.29) is 43.0 Å². The van der Waals surface area contributed by atoms with Crippen molar-refractivity contribution in [2.24, 2.45) is 5.92 Å². The molecule has 1 N–H and O–H groups in total. The molecule has 0 saturated heterocycles. The molecule has 0 saturated carbocycles. The maximum absolute atomic E-state index is 14.2. The summed E-state index contributed by atoms with van der Waals surface area (Å²) in [5.41, 5.74) is 0.937. The van der Waals surface area contributed by atoms with Crippen molar-refractivity contribution in [3.63, 3.8) is 0 Å². The largest absolute Gasteiger partial charge is 0.472 e. The third-order valence-electron chi connectivity index (χ3n) is 5.86. The number of allylic oxidation sites excluding steroid dienone is 1. The summed E-state index contributed by atoms with van der Waals surface area (Å²) in [6.07, 6.45) is 4.49. The summed E-state index contributed by atoms with van der Waals surface area (Å²) in [7, 11) is -2.76. The number of hydrogen-bond donors (Lipinski definition) is 1. The predicted octanol–water partition coefficient (Wildman–Crippen LogP) is 2.79. The number of carbonyl (C=O) groups is 1. The van der Waals surface area contributed by atoms with Crippen molar-refractivity contribution in [1.82, 2.24) is 14.2 Å². The number of aliphatic hydroxyl groups excluding tert-OH is 1. The number of likely N-dealkylation sites (N-methyl/N-ethyl adjacent to an activating group) is 1. The minimum absolute atomic E-state index is 0.0848. The Morgan fingerprint density at radius 2 is 2.09 bits per heavy atom. The molecule has 1 aromatic carbocycles. The van der Waals surface area contributed by atoms with Gasteiger partial charge in [-0.1, -0.05) is 31.2 Å². The molecule has 0 unspecified atom stereocenters. The fourth-order valence-corrected chi connectivity index (χ4v) is 5.04. The molecule has 0 spiro atoms. The number of hydrogen-bond acceptors (Lipinski definition) is 6. The van der Waals surface area contributed by atoms with Gasteiger partial charge >= 0.3 is 0 Å². The molecular weight excluding hydrogens is 461 g/mol. The van der Waals surface area contributed by atoms with Crippen molar-refractivity contribution in [2.75, 3.05) is 26.7 Å². The van der Waals surface area contributed by atoms with E-state index in [1.54, 1.807) is 30.2 Å². The second-order valence-corrected chi connectivity index (χ2v) is 10.5. The van der Waals surface area contributed by atoms with Gasteiger partial charge in [-0.3, -0.25) is 4.79 Å². The van der Waals surface area contributed by atoms with Gasteiger partial charge in [-0.15, -0.1) is 0 Å². The standard InChI is InChI=1S/C24H30FN3O5S/c1-5-8-18-11-19-23(26-12-18)33-21(16(2)13-28(24(19)30)17(3)15-29)14-27(4)34(31,32)22-10-7-6-9-20(22)25/h5-12,16-17,21,29H,13-15H2,1-4H3/t16-,17-,21+/m0/s1. The van der Waals surface area contributed by atoms with Crippen LogP contribution in [-0.4, -0.2) is 72.5 Å². The monoisotopic (exact) mass is 491 g/mol. The second-order valence-electron chi connectivity index (χ2n) is 8.46. The van der Waals surface area contributed by atoms with Crippen LogP contribution < -0.4 is 4.74 Å². The minimum Gasteiger partial charge on any atom is -0.472 e. The molecule has 8 nitrogen and oxygen atoms in total. The summed E-state index contributed by atoms with van der Waals surface area (Å²) in [4.78, 5) is 18.8. The smallest absolute Gasteiger partial charge is 0.259 e. The quantitative estimate of drug-likeness (QED) is 0.639. The van der Waals surface area contributed by atoms with E-state index in [1.165, 1.54) is 25.2 Å². The highest BCUT2D eigenvalue weighted by Gasteiger charge is 2.36. The minimum atomic E-state index is -4.12. The first-order chi connectivity index (χ1) is 16.1. The Hall–Kier alpha value is -2.82. The molecule has 0 aliphatic carbocycles. The van der Waals surface area contributed by atoms with E-state index in [4.69, 9.17) is 4.74 Å². The fraction of sp³-hybridized carbons (Fsp3) is 0.417. The van der Waals surface area contributed by atoms with Gasteiger partial charge < -0.3 is 14.7 Å². The van der Waals surface area contributed by atoms with E-state index < -0.39 is 32.9 Å². The predicted molar refractivity (Wildman–Crippen MR) is 126 cm³/mol. The molecule has 2 aromatic rings. The molecule has 34 heavy (non-hydrogen) atoms. The van der Waals surface area contributed by atoms with Gasteiger partial charge in [-0.2, -0.15) is 4.31 Å². The van der Waals surface area contributed by atoms with Crippen LogP contribution in [0, 0.1) is 11.7 Å². The van der Waals surface area contributed by atoms with E-state index in [1.807, 2.05) is 19.9 Å². The van der Waals surface area contributed by atoms with E-state index >= 15 is 0 Å². The zero-order valence-electron chi connectivity index (χ0n) is 19.7. The van der Waals surface area contributed by atoms with Gasteiger partial charge in [0.1, 0.15) is 22.4 Å². The van der Waals surface area contributed by atoms with Gasteiger partial charge in [-0.25, -0.2) is 17.8 Å². The maximum Gasteiger partial charge on any atom is 0.259 e. The molecule has 1 aromatic heterocycles. The highest BCUT2D eigenvalue weighted by molar-refractivity contribution is 7.89. The summed E-state index contributed by atoms with van der Waals surface area (Å²) >= 11 is 0. The first-order valence-electron chi connectivity index (χ1n) is 11.0. The van der Waals surface area contributed by atoms with Crippen LogP contribution in [0.25, 0.3) is 6.08 Å². The molecular formula is C24H30FN3O5S.